The third kappa shape index (κ3) is 4.77. The molecule has 6 heteroatoms. The maximum atomic E-state index is 11.6. The smallest absolute Gasteiger partial charge is 0.220 e. The van der Waals surface area contributed by atoms with Gasteiger partial charge in [0.25, 0.3) is 0 Å². The van der Waals surface area contributed by atoms with Crippen molar-refractivity contribution in [3.8, 4) is 5.75 Å². The Morgan fingerprint density at radius 1 is 1.43 bits per heavy atom. The van der Waals surface area contributed by atoms with Crippen LogP contribution in [0, 0.1) is 0 Å². The van der Waals surface area contributed by atoms with E-state index in [1.165, 1.54) is 6.38 Å². The molecule has 1 aliphatic rings. The van der Waals surface area contributed by atoms with Crippen molar-refractivity contribution < 1.29 is 15.3 Å². The summed E-state index contributed by atoms with van der Waals surface area (Å²) in [6.07, 6.45) is 3.81. The third-order valence-corrected chi connectivity index (χ3v) is 3.65. The first kappa shape index (κ1) is 18.1. The maximum Gasteiger partial charge on any atom is 0.220 e. The molecule has 1 amide bonds. The van der Waals surface area contributed by atoms with Gasteiger partial charge in [0, 0.05) is 17.8 Å². The molecule has 0 atom stereocenters. The highest BCUT2D eigenvalue weighted by atomic mass is 35.5. The van der Waals surface area contributed by atoms with E-state index in [0.717, 1.165) is 30.7 Å². The number of hydrogen-bond donors (Lipinski definition) is 2. The second-order valence-electron chi connectivity index (χ2n) is 4.83. The Morgan fingerprint density at radius 3 is 2.62 bits per heavy atom. The van der Waals surface area contributed by atoms with E-state index >= 15 is 0 Å². The molecule has 0 radical (unpaired) electrons. The van der Waals surface area contributed by atoms with Crippen molar-refractivity contribution in [3.05, 3.63) is 28.8 Å². The SMILES string of the molecule is CCC(=O)NC1(c2cc(OCC[NH3+])ccc2Cl)CC1.CCl. The lowest BCUT2D eigenvalue weighted by molar-refractivity contribution is -0.370. The zero-order valence-electron chi connectivity index (χ0n) is 12.5. The zero-order chi connectivity index (χ0) is 15.9. The molecule has 0 aromatic heterocycles. The predicted octanol–water partition coefficient (Wildman–Crippen LogP) is 2.33. The van der Waals surface area contributed by atoms with Crippen molar-refractivity contribution >= 4 is 29.1 Å². The first-order valence-corrected chi connectivity index (χ1v) is 8.15. The van der Waals surface area contributed by atoms with Gasteiger partial charge in [0.05, 0.1) is 5.54 Å². The number of nitrogens with one attached hydrogen (secondary N) is 1. The number of halogens is 2. The molecule has 0 aliphatic heterocycles. The van der Waals surface area contributed by atoms with Crippen molar-refractivity contribution in [3.63, 3.8) is 0 Å². The second-order valence-corrected chi connectivity index (χ2v) is 5.23. The average Bonchev–Trinajstić information content (AvgIpc) is 3.28. The van der Waals surface area contributed by atoms with Crippen molar-refractivity contribution in [1.29, 1.82) is 0 Å². The summed E-state index contributed by atoms with van der Waals surface area (Å²) in [5.74, 6) is 0.831. The lowest BCUT2D eigenvalue weighted by atomic mass is 10.0. The largest absolute Gasteiger partial charge is 0.488 e. The molecule has 1 aromatic carbocycles. The molecular weight excluding hydrogens is 311 g/mol. The van der Waals surface area contributed by atoms with Crippen LogP contribution in [0.2, 0.25) is 5.02 Å². The Morgan fingerprint density at radius 2 is 2.10 bits per heavy atom. The topological polar surface area (TPSA) is 66.0 Å². The van der Waals surface area contributed by atoms with Gasteiger partial charge < -0.3 is 15.8 Å². The highest BCUT2D eigenvalue weighted by molar-refractivity contribution is 6.31. The third-order valence-electron chi connectivity index (χ3n) is 3.32. The van der Waals surface area contributed by atoms with Crippen LogP contribution in [0.3, 0.4) is 0 Å². The summed E-state index contributed by atoms with van der Waals surface area (Å²) in [5.41, 5.74) is 4.42. The fourth-order valence-corrected chi connectivity index (χ4v) is 2.39. The Labute approximate surface area is 135 Å². The zero-order valence-corrected chi connectivity index (χ0v) is 14.1. The second kappa shape index (κ2) is 8.47. The first-order chi connectivity index (χ1) is 10.1. The summed E-state index contributed by atoms with van der Waals surface area (Å²) in [6.45, 7) is 3.14. The summed E-state index contributed by atoms with van der Waals surface area (Å²) in [7, 11) is 0. The molecule has 21 heavy (non-hydrogen) atoms. The highest BCUT2D eigenvalue weighted by Crippen LogP contribution is 2.49. The summed E-state index contributed by atoms with van der Waals surface area (Å²) < 4.78 is 5.57. The number of ether oxygens (including phenoxy) is 1. The Balaban J connectivity index is 0.00000106. The van der Waals surface area contributed by atoms with E-state index in [0.29, 0.717) is 18.1 Å². The molecule has 1 aliphatic carbocycles. The number of amides is 1. The Kier molecular flexibility index (Phi) is 7.29. The molecule has 1 fully saturated rings. The number of carbonyl (C=O) groups is 1. The normalized spacial score (nSPS) is 14.7. The minimum atomic E-state index is -0.284. The van der Waals surface area contributed by atoms with Crippen LogP contribution in [0.1, 0.15) is 31.7 Å². The van der Waals surface area contributed by atoms with Crippen LogP contribution < -0.4 is 15.8 Å². The van der Waals surface area contributed by atoms with E-state index < -0.39 is 0 Å². The lowest BCUT2D eigenvalue weighted by Crippen LogP contribution is -2.52. The molecule has 1 saturated carbocycles. The molecule has 2 rings (SSSR count). The number of benzene rings is 1. The molecule has 118 valence electrons. The molecule has 4 N–H and O–H groups in total. The summed E-state index contributed by atoms with van der Waals surface area (Å²) in [5, 5.41) is 3.74. The van der Waals surface area contributed by atoms with Crippen molar-refractivity contribution in [2.75, 3.05) is 19.5 Å². The lowest BCUT2D eigenvalue weighted by Gasteiger charge is -2.20. The molecule has 0 saturated heterocycles. The summed E-state index contributed by atoms with van der Waals surface area (Å²) >= 11 is 10.9. The van der Waals surface area contributed by atoms with Crippen LogP contribution in [0.15, 0.2) is 18.2 Å². The Hall–Kier alpha value is -0.970. The standard InChI is InChI=1S/C14H19ClN2O2.CH3Cl/c1-2-13(18)17-14(5-6-14)11-9-10(19-8-7-16)3-4-12(11)15;1-2/h3-4,9H,2,5-8,16H2,1H3,(H,17,18);1H3/p+1. The van der Waals surface area contributed by atoms with Crippen molar-refractivity contribution in [1.82, 2.24) is 5.32 Å². The van der Waals surface area contributed by atoms with Crippen LogP contribution in [0.25, 0.3) is 0 Å². The maximum absolute atomic E-state index is 11.6. The minimum absolute atomic E-state index is 0.0534. The molecule has 0 heterocycles. The van der Waals surface area contributed by atoms with Gasteiger partial charge >= 0.3 is 0 Å². The molecule has 1 aromatic rings. The quantitative estimate of drug-likeness (QED) is 0.784. The number of rotatable bonds is 6. The van der Waals surface area contributed by atoms with Crippen LogP contribution in [0.5, 0.6) is 5.75 Å². The minimum Gasteiger partial charge on any atom is -0.488 e. The number of carbonyl (C=O) groups excluding carboxylic acids is 1. The molecule has 0 spiro atoms. The highest BCUT2D eigenvalue weighted by Gasteiger charge is 2.46. The van der Waals surface area contributed by atoms with E-state index in [2.05, 4.69) is 22.7 Å². The van der Waals surface area contributed by atoms with Crippen molar-refractivity contribution in [2.45, 2.75) is 31.7 Å². The van der Waals surface area contributed by atoms with Crippen LogP contribution in [0.4, 0.5) is 0 Å². The van der Waals surface area contributed by atoms with Gasteiger partial charge in [-0.1, -0.05) is 18.5 Å². The van der Waals surface area contributed by atoms with E-state index in [-0.39, 0.29) is 11.4 Å². The fraction of sp³-hybridized carbons (Fsp3) is 0.533. The van der Waals surface area contributed by atoms with Gasteiger partial charge in [-0.25, -0.2) is 0 Å². The molecule has 4 nitrogen and oxygen atoms in total. The number of alkyl halides is 1. The van der Waals surface area contributed by atoms with Gasteiger partial charge in [-0.15, -0.1) is 11.6 Å². The molecular formula is C15H23Cl2N2O2+. The number of quaternary nitrogens is 1. The van der Waals surface area contributed by atoms with E-state index in [9.17, 15) is 4.79 Å². The predicted molar refractivity (Wildman–Crippen MR) is 85.8 cm³/mol. The van der Waals surface area contributed by atoms with Gasteiger partial charge in [0.1, 0.15) is 18.9 Å². The van der Waals surface area contributed by atoms with E-state index in [1.54, 1.807) is 0 Å². The molecule has 0 bridgehead atoms. The van der Waals surface area contributed by atoms with Gasteiger partial charge in [0.2, 0.25) is 5.91 Å². The summed E-state index contributed by atoms with van der Waals surface area (Å²) in [4.78, 5) is 11.6. The van der Waals surface area contributed by atoms with E-state index in [4.69, 9.17) is 16.3 Å². The van der Waals surface area contributed by atoms with Crippen LogP contribution in [-0.2, 0) is 10.3 Å². The van der Waals surface area contributed by atoms with Gasteiger partial charge in [-0.3, -0.25) is 4.79 Å². The summed E-state index contributed by atoms with van der Waals surface area (Å²) in [6, 6.07) is 5.60. The van der Waals surface area contributed by atoms with Crippen molar-refractivity contribution in [2.24, 2.45) is 0 Å². The van der Waals surface area contributed by atoms with Gasteiger partial charge in [0.15, 0.2) is 0 Å². The molecule has 0 unspecified atom stereocenters. The number of hydrogen-bond acceptors (Lipinski definition) is 2. The van der Waals surface area contributed by atoms with Gasteiger partial charge in [-0.05, 0) is 36.6 Å². The monoisotopic (exact) mass is 333 g/mol. The fourth-order valence-electron chi connectivity index (χ4n) is 2.09. The van der Waals surface area contributed by atoms with Crippen LogP contribution in [-0.4, -0.2) is 25.4 Å². The first-order valence-electron chi connectivity index (χ1n) is 7.02. The van der Waals surface area contributed by atoms with Gasteiger partial charge in [-0.2, -0.15) is 0 Å². The Bertz CT molecular complexity index is 477. The van der Waals surface area contributed by atoms with E-state index in [1.807, 2.05) is 25.1 Å². The van der Waals surface area contributed by atoms with Crippen LogP contribution >= 0.6 is 23.2 Å². The average molecular weight is 334 g/mol.